The molecule has 0 aliphatic heterocycles. The molecule has 2 rings (SSSR count). The summed E-state index contributed by atoms with van der Waals surface area (Å²) in [6.45, 7) is 1.82. The Morgan fingerprint density at radius 2 is 2.35 bits per heavy atom. The number of nitro groups is 1. The van der Waals surface area contributed by atoms with Crippen LogP contribution in [0.1, 0.15) is 28.2 Å². The standard InChI is InChI=1S/C12H12N4O3S/c1-7(10-3-2-4-20-10)15-12(17)9-5-8(16(18)19)6-14-11(9)13/h2-7H,1H3,(H2,13,14)(H,15,17). The van der Waals surface area contributed by atoms with Gasteiger partial charge in [-0.05, 0) is 18.4 Å². The molecule has 0 aliphatic carbocycles. The van der Waals surface area contributed by atoms with Gasteiger partial charge in [-0.1, -0.05) is 6.07 Å². The minimum absolute atomic E-state index is 0.00241. The van der Waals surface area contributed by atoms with E-state index in [2.05, 4.69) is 10.3 Å². The van der Waals surface area contributed by atoms with Crippen LogP contribution in [0.5, 0.6) is 0 Å². The summed E-state index contributed by atoms with van der Waals surface area (Å²) in [5.41, 5.74) is 5.33. The van der Waals surface area contributed by atoms with E-state index < -0.39 is 10.8 Å². The summed E-state index contributed by atoms with van der Waals surface area (Å²) < 4.78 is 0. The van der Waals surface area contributed by atoms with Crippen molar-refractivity contribution in [1.29, 1.82) is 0 Å². The van der Waals surface area contributed by atoms with Gasteiger partial charge in [-0.15, -0.1) is 11.3 Å². The molecule has 0 saturated carbocycles. The zero-order chi connectivity index (χ0) is 14.7. The van der Waals surface area contributed by atoms with Crippen LogP contribution in [0.2, 0.25) is 0 Å². The van der Waals surface area contributed by atoms with Gasteiger partial charge in [0.25, 0.3) is 11.6 Å². The first-order valence-electron chi connectivity index (χ1n) is 5.73. The molecule has 0 bridgehead atoms. The van der Waals surface area contributed by atoms with Crippen molar-refractivity contribution >= 4 is 28.7 Å². The molecule has 0 aromatic carbocycles. The summed E-state index contributed by atoms with van der Waals surface area (Å²) in [4.78, 5) is 26.8. The second kappa shape index (κ2) is 5.66. The first-order chi connectivity index (χ1) is 9.49. The Labute approximate surface area is 118 Å². The maximum atomic E-state index is 12.1. The van der Waals surface area contributed by atoms with E-state index in [4.69, 9.17) is 5.73 Å². The van der Waals surface area contributed by atoms with E-state index in [0.29, 0.717) is 0 Å². The smallest absolute Gasteiger partial charge is 0.288 e. The molecule has 1 unspecified atom stereocenters. The third-order valence-electron chi connectivity index (χ3n) is 2.68. The third kappa shape index (κ3) is 2.91. The highest BCUT2D eigenvalue weighted by molar-refractivity contribution is 7.10. The Bertz CT molecular complexity index is 642. The molecule has 2 aromatic heterocycles. The van der Waals surface area contributed by atoms with Crippen molar-refractivity contribution in [3.05, 3.63) is 50.3 Å². The lowest BCUT2D eigenvalue weighted by molar-refractivity contribution is -0.385. The van der Waals surface area contributed by atoms with Gasteiger partial charge in [0.2, 0.25) is 0 Å². The number of rotatable bonds is 4. The molecule has 104 valence electrons. The molecule has 2 heterocycles. The van der Waals surface area contributed by atoms with E-state index >= 15 is 0 Å². The van der Waals surface area contributed by atoms with Crippen LogP contribution in [0.25, 0.3) is 0 Å². The normalized spacial score (nSPS) is 11.8. The van der Waals surface area contributed by atoms with E-state index in [9.17, 15) is 14.9 Å². The van der Waals surface area contributed by atoms with Gasteiger partial charge in [0.1, 0.15) is 12.0 Å². The first kappa shape index (κ1) is 13.9. The van der Waals surface area contributed by atoms with Crippen LogP contribution in [0, 0.1) is 10.1 Å². The SMILES string of the molecule is CC(NC(=O)c1cc([N+](=O)[O-])cnc1N)c1cccs1. The van der Waals surface area contributed by atoms with Gasteiger partial charge < -0.3 is 11.1 Å². The van der Waals surface area contributed by atoms with E-state index in [1.54, 1.807) is 0 Å². The Morgan fingerprint density at radius 1 is 1.60 bits per heavy atom. The number of nitrogens with zero attached hydrogens (tertiary/aromatic N) is 2. The van der Waals surface area contributed by atoms with Crippen LogP contribution in [0.15, 0.2) is 29.8 Å². The van der Waals surface area contributed by atoms with Gasteiger partial charge in [0.05, 0.1) is 16.5 Å². The zero-order valence-electron chi connectivity index (χ0n) is 10.6. The van der Waals surface area contributed by atoms with Crippen molar-refractivity contribution in [2.75, 3.05) is 5.73 Å². The number of amides is 1. The average Bonchev–Trinajstić information content (AvgIpc) is 2.92. The number of hydrogen-bond acceptors (Lipinski definition) is 6. The molecule has 3 N–H and O–H groups in total. The second-order valence-corrected chi connectivity index (χ2v) is 5.07. The van der Waals surface area contributed by atoms with Gasteiger partial charge in [0, 0.05) is 10.9 Å². The molecule has 0 spiro atoms. The van der Waals surface area contributed by atoms with Gasteiger partial charge >= 0.3 is 0 Å². The summed E-state index contributed by atoms with van der Waals surface area (Å²) in [6, 6.07) is 4.69. The summed E-state index contributed by atoms with van der Waals surface area (Å²) in [6.07, 6.45) is 1.02. The Kier molecular flexibility index (Phi) is 3.94. The molecule has 7 nitrogen and oxygen atoms in total. The number of anilines is 1. The fourth-order valence-electron chi connectivity index (χ4n) is 1.63. The molecule has 8 heteroatoms. The Balaban J connectivity index is 2.20. The first-order valence-corrected chi connectivity index (χ1v) is 6.61. The van der Waals surface area contributed by atoms with Gasteiger partial charge in [0.15, 0.2) is 0 Å². The maximum absolute atomic E-state index is 12.1. The number of nitrogens with one attached hydrogen (secondary N) is 1. The van der Waals surface area contributed by atoms with E-state index in [0.717, 1.165) is 17.1 Å². The lowest BCUT2D eigenvalue weighted by Gasteiger charge is -2.12. The number of carbonyl (C=O) groups excluding carboxylic acids is 1. The molecule has 1 amide bonds. The van der Waals surface area contributed by atoms with Crippen LogP contribution in [-0.4, -0.2) is 15.8 Å². The number of hydrogen-bond donors (Lipinski definition) is 2. The molecule has 0 radical (unpaired) electrons. The maximum Gasteiger partial charge on any atom is 0.288 e. The predicted molar refractivity (Wildman–Crippen MR) is 75.5 cm³/mol. The lowest BCUT2D eigenvalue weighted by atomic mass is 10.2. The summed E-state index contributed by atoms with van der Waals surface area (Å²) in [5.74, 6) is -0.522. The van der Waals surface area contributed by atoms with Crippen LogP contribution in [-0.2, 0) is 0 Å². The summed E-state index contributed by atoms with van der Waals surface area (Å²) in [5, 5.41) is 15.3. The zero-order valence-corrected chi connectivity index (χ0v) is 11.4. The minimum atomic E-state index is -0.619. The van der Waals surface area contributed by atoms with Crippen LogP contribution < -0.4 is 11.1 Å². The highest BCUT2D eigenvalue weighted by atomic mass is 32.1. The Morgan fingerprint density at radius 3 is 2.95 bits per heavy atom. The van der Waals surface area contributed by atoms with Crippen LogP contribution >= 0.6 is 11.3 Å². The lowest BCUT2D eigenvalue weighted by Crippen LogP contribution is -2.27. The van der Waals surface area contributed by atoms with E-state index in [1.807, 2.05) is 24.4 Å². The Hall–Kier alpha value is -2.48. The molecule has 0 aliphatic rings. The molecule has 20 heavy (non-hydrogen) atoms. The predicted octanol–water partition coefficient (Wildman–Crippen LogP) is 2.12. The molecule has 1 atom stereocenters. The second-order valence-electron chi connectivity index (χ2n) is 4.09. The van der Waals surface area contributed by atoms with Gasteiger partial charge in [-0.3, -0.25) is 14.9 Å². The average molecular weight is 292 g/mol. The summed E-state index contributed by atoms with van der Waals surface area (Å²) >= 11 is 1.51. The van der Waals surface area contributed by atoms with Gasteiger partial charge in [-0.2, -0.15) is 0 Å². The number of thiophene rings is 1. The number of pyridine rings is 1. The molecular weight excluding hydrogens is 280 g/mol. The van der Waals surface area contributed by atoms with E-state index in [-0.39, 0.29) is 23.1 Å². The summed E-state index contributed by atoms with van der Waals surface area (Å²) in [7, 11) is 0. The largest absolute Gasteiger partial charge is 0.383 e. The number of carbonyl (C=O) groups is 1. The van der Waals surface area contributed by atoms with E-state index in [1.165, 1.54) is 11.3 Å². The van der Waals surface area contributed by atoms with Crippen molar-refractivity contribution in [1.82, 2.24) is 10.3 Å². The molecular formula is C12H12N4O3S. The van der Waals surface area contributed by atoms with Gasteiger partial charge in [-0.25, -0.2) is 4.98 Å². The highest BCUT2D eigenvalue weighted by Crippen LogP contribution is 2.21. The van der Waals surface area contributed by atoms with Crippen molar-refractivity contribution in [3.8, 4) is 0 Å². The topological polar surface area (TPSA) is 111 Å². The molecule has 0 saturated heterocycles. The number of nitrogen functional groups attached to an aromatic ring is 1. The monoisotopic (exact) mass is 292 g/mol. The number of nitrogens with two attached hydrogens (primary N) is 1. The molecule has 0 fully saturated rings. The minimum Gasteiger partial charge on any atom is -0.383 e. The van der Waals surface area contributed by atoms with Crippen molar-refractivity contribution in [2.24, 2.45) is 0 Å². The van der Waals surface area contributed by atoms with Crippen molar-refractivity contribution in [3.63, 3.8) is 0 Å². The molecule has 2 aromatic rings. The quantitative estimate of drug-likeness (QED) is 0.662. The number of aromatic nitrogens is 1. The highest BCUT2D eigenvalue weighted by Gasteiger charge is 2.18. The third-order valence-corrected chi connectivity index (χ3v) is 3.73. The fraction of sp³-hybridized carbons (Fsp3) is 0.167. The van der Waals surface area contributed by atoms with Crippen molar-refractivity contribution in [2.45, 2.75) is 13.0 Å². The van der Waals surface area contributed by atoms with Crippen LogP contribution in [0.3, 0.4) is 0 Å². The van der Waals surface area contributed by atoms with Crippen molar-refractivity contribution < 1.29 is 9.72 Å². The van der Waals surface area contributed by atoms with Crippen LogP contribution in [0.4, 0.5) is 11.5 Å². The fourth-order valence-corrected chi connectivity index (χ4v) is 2.36.